The maximum atomic E-state index is 13.3. The van der Waals surface area contributed by atoms with Gasteiger partial charge in [0.2, 0.25) is 0 Å². The molecule has 0 radical (unpaired) electrons. The lowest BCUT2D eigenvalue weighted by Crippen LogP contribution is -2.28. The Kier molecular flexibility index (Phi) is 5.77. The number of thioether (sulfide) groups is 1. The summed E-state index contributed by atoms with van der Waals surface area (Å²) < 4.78 is 2.47. The van der Waals surface area contributed by atoms with Gasteiger partial charge < -0.3 is 4.57 Å². The van der Waals surface area contributed by atoms with Gasteiger partial charge in [-0.25, -0.2) is 0 Å². The molecular formula is C26H19N3O3S2. The van der Waals surface area contributed by atoms with E-state index in [9.17, 15) is 14.9 Å². The van der Waals surface area contributed by atoms with E-state index in [1.165, 1.54) is 17.8 Å². The molecule has 0 bridgehead atoms. The van der Waals surface area contributed by atoms with Crippen LogP contribution < -0.4 is 4.90 Å². The maximum absolute atomic E-state index is 13.3. The Bertz CT molecular complexity index is 1510. The molecule has 4 aromatic rings. The van der Waals surface area contributed by atoms with Gasteiger partial charge in [0.05, 0.1) is 22.1 Å². The van der Waals surface area contributed by atoms with E-state index in [0.29, 0.717) is 21.3 Å². The third-order valence-electron chi connectivity index (χ3n) is 5.79. The lowest BCUT2D eigenvalue weighted by atomic mass is 10.1. The van der Waals surface area contributed by atoms with Crippen LogP contribution in [-0.2, 0) is 11.3 Å². The number of thiocarbonyl (C=S) groups is 1. The van der Waals surface area contributed by atoms with E-state index in [0.717, 1.165) is 27.7 Å². The van der Waals surface area contributed by atoms with Gasteiger partial charge in [0.15, 0.2) is 4.32 Å². The number of nitro benzene ring substituents is 1. The number of hydrogen-bond acceptors (Lipinski definition) is 5. The summed E-state index contributed by atoms with van der Waals surface area (Å²) in [4.78, 5) is 26.5. The van der Waals surface area contributed by atoms with Crippen molar-refractivity contribution in [1.29, 1.82) is 0 Å². The zero-order chi connectivity index (χ0) is 23.8. The molecule has 0 saturated carbocycles. The van der Waals surface area contributed by atoms with Gasteiger partial charge in [-0.3, -0.25) is 19.8 Å². The van der Waals surface area contributed by atoms with E-state index >= 15 is 0 Å². The van der Waals surface area contributed by atoms with Crippen LogP contribution in [0.25, 0.3) is 17.0 Å². The molecular weight excluding hydrogens is 466 g/mol. The van der Waals surface area contributed by atoms with Crippen molar-refractivity contribution in [3.05, 3.63) is 111 Å². The van der Waals surface area contributed by atoms with Crippen molar-refractivity contribution >= 4 is 62.6 Å². The molecule has 1 aliphatic rings. The lowest BCUT2D eigenvalue weighted by Gasteiger charge is -2.16. The molecule has 6 nitrogen and oxygen atoms in total. The molecule has 1 aromatic heterocycles. The van der Waals surface area contributed by atoms with E-state index in [4.69, 9.17) is 12.2 Å². The molecule has 1 saturated heterocycles. The lowest BCUT2D eigenvalue weighted by molar-refractivity contribution is -0.385. The summed E-state index contributed by atoms with van der Waals surface area (Å²) in [5, 5.41) is 12.4. The predicted octanol–water partition coefficient (Wildman–Crippen LogP) is 6.31. The Morgan fingerprint density at radius 3 is 2.53 bits per heavy atom. The van der Waals surface area contributed by atoms with Gasteiger partial charge >= 0.3 is 0 Å². The van der Waals surface area contributed by atoms with E-state index in [2.05, 4.69) is 0 Å². The average molecular weight is 486 g/mol. The fourth-order valence-electron chi connectivity index (χ4n) is 4.16. The van der Waals surface area contributed by atoms with Gasteiger partial charge in [0.25, 0.3) is 11.6 Å². The number of hydrogen-bond donors (Lipinski definition) is 0. The minimum Gasteiger partial charge on any atom is -0.342 e. The second kappa shape index (κ2) is 8.89. The molecule has 0 atom stereocenters. The second-order valence-corrected chi connectivity index (χ2v) is 9.59. The molecule has 3 aromatic carbocycles. The van der Waals surface area contributed by atoms with E-state index in [1.807, 2.05) is 72.3 Å². The van der Waals surface area contributed by atoms with Crippen LogP contribution in [0.4, 0.5) is 11.4 Å². The summed E-state index contributed by atoms with van der Waals surface area (Å²) in [5.41, 5.74) is 4.25. The smallest absolute Gasteiger partial charge is 0.274 e. The average Bonchev–Trinajstić information content (AvgIpc) is 3.31. The van der Waals surface area contributed by atoms with Crippen molar-refractivity contribution in [2.75, 3.05) is 4.90 Å². The van der Waals surface area contributed by atoms with Crippen molar-refractivity contribution in [3.8, 4) is 0 Å². The summed E-state index contributed by atoms with van der Waals surface area (Å²) >= 11 is 6.82. The van der Waals surface area contributed by atoms with Crippen molar-refractivity contribution < 1.29 is 9.72 Å². The highest BCUT2D eigenvalue weighted by Gasteiger charge is 2.34. The molecule has 5 rings (SSSR count). The molecule has 168 valence electrons. The van der Waals surface area contributed by atoms with E-state index in [-0.39, 0.29) is 16.5 Å². The molecule has 0 N–H and O–H groups in total. The Balaban J connectivity index is 1.55. The minimum absolute atomic E-state index is 0.0842. The molecule has 1 amide bonds. The Hall–Kier alpha value is -3.75. The third kappa shape index (κ3) is 3.91. The van der Waals surface area contributed by atoms with Crippen LogP contribution in [0, 0.1) is 17.0 Å². The number of para-hydroxylation sites is 3. The van der Waals surface area contributed by atoms with Gasteiger partial charge in [-0.05, 0) is 30.7 Å². The number of anilines is 1. The molecule has 0 unspecified atom stereocenters. The molecule has 1 fully saturated rings. The summed E-state index contributed by atoms with van der Waals surface area (Å²) in [5.74, 6) is -0.153. The first-order valence-corrected chi connectivity index (χ1v) is 11.8. The van der Waals surface area contributed by atoms with Crippen molar-refractivity contribution in [2.24, 2.45) is 0 Å². The molecule has 0 spiro atoms. The van der Waals surface area contributed by atoms with E-state index < -0.39 is 0 Å². The van der Waals surface area contributed by atoms with Gasteiger partial charge in [-0.1, -0.05) is 78.6 Å². The Labute approximate surface area is 205 Å². The zero-order valence-electron chi connectivity index (χ0n) is 18.2. The first-order chi connectivity index (χ1) is 16.4. The van der Waals surface area contributed by atoms with Gasteiger partial charge in [0.1, 0.15) is 0 Å². The highest BCUT2D eigenvalue weighted by molar-refractivity contribution is 8.27. The molecule has 2 heterocycles. The van der Waals surface area contributed by atoms with Gasteiger partial charge in [-0.2, -0.15) is 0 Å². The third-order valence-corrected chi connectivity index (χ3v) is 7.09. The number of carbonyl (C=O) groups is 1. The number of amides is 1. The summed E-state index contributed by atoms with van der Waals surface area (Å²) in [6, 6.07) is 22.2. The van der Waals surface area contributed by atoms with Crippen molar-refractivity contribution in [2.45, 2.75) is 13.5 Å². The number of aromatic nitrogens is 1. The first-order valence-electron chi connectivity index (χ1n) is 10.6. The monoisotopic (exact) mass is 485 g/mol. The SMILES string of the molecule is Cc1ccccc1N1C(=O)/C(=C/c2cn(Cc3ccccc3[N+](=O)[O-])c3ccccc23)SC1=S. The summed E-state index contributed by atoms with van der Waals surface area (Å²) in [6.45, 7) is 2.30. The molecule has 0 aliphatic carbocycles. The number of fused-ring (bicyclic) bond motifs is 1. The Morgan fingerprint density at radius 1 is 1.03 bits per heavy atom. The topological polar surface area (TPSA) is 68.4 Å². The zero-order valence-corrected chi connectivity index (χ0v) is 19.8. The second-order valence-electron chi connectivity index (χ2n) is 7.92. The Morgan fingerprint density at radius 2 is 1.74 bits per heavy atom. The predicted molar refractivity (Wildman–Crippen MR) is 141 cm³/mol. The largest absolute Gasteiger partial charge is 0.342 e. The number of aryl methyl sites for hydroxylation is 1. The fraction of sp³-hybridized carbons (Fsp3) is 0.0769. The highest BCUT2D eigenvalue weighted by Crippen LogP contribution is 2.38. The summed E-state index contributed by atoms with van der Waals surface area (Å²) in [7, 11) is 0. The minimum atomic E-state index is -0.362. The molecule has 1 aliphatic heterocycles. The first kappa shape index (κ1) is 22.1. The maximum Gasteiger partial charge on any atom is 0.274 e. The van der Waals surface area contributed by atoms with Crippen LogP contribution in [0.15, 0.2) is 83.9 Å². The fourth-order valence-corrected chi connectivity index (χ4v) is 5.43. The van der Waals surface area contributed by atoms with Crippen LogP contribution in [0.3, 0.4) is 0 Å². The van der Waals surface area contributed by atoms with Crippen LogP contribution in [0.1, 0.15) is 16.7 Å². The normalized spacial score (nSPS) is 15.0. The van der Waals surface area contributed by atoms with Crippen molar-refractivity contribution in [1.82, 2.24) is 4.57 Å². The van der Waals surface area contributed by atoms with Crippen molar-refractivity contribution in [3.63, 3.8) is 0 Å². The standard InChI is InChI=1S/C26H19N3O3S2/c1-17-8-2-5-11-21(17)28-25(30)24(34-26(28)33)14-19-16-27(23-13-7-4-10-20(19)23)15-18-9-3-6-12-22(18)29(31)32/h2-14,16H,15H2,1H3/b24-14-. The van der Waals surface area contributed by atoms with Crippen LogP contribution in [0.5, 0.6) is 0 Å². The number of rotatable bonds is 5. The highest BCUT2D eigenvalue weighted by atomic mass is 32.2. The molecule has 8 heteroatoms. The van der Waals surface area contributed by atoms with Crippen LogP contribution >= 0.6 is 24.0 Å². The van der Waals surface area contributed by atoms with Gasteiger partial charge in [-0.15, -0.1) is 0 Å². The van der Waals surface area contributed by atoms with Crippen LogP contribution in [-0.4, -0.2) is 19.7 Å². The number of nitro groups is 1. The number of benzene rings is 3. The van der Waals surface area contributed by atoms with E-state index in [1.54, 1.807) is 23.1 Å². The summed E-state index contributed by atoms with van der Waals surface area (Å²) in [6.07, 6.45) is 3.79. The van der Waals surface area contributed by atoms with Crippen LogP contribution in [0.2, 0.25) is 0 Å². The number of carbonyl (C=O) groups excluding carboxylic acids is 1. The number of nitrogens with zero attached hydrogens (tertiary/aromatic N) is 3. The van der Waals surface area contributed by atoms with Gasteiger partial charge in [0, 0.05) is 34.3 Å². The quantitative estimate of drug-likeness (QED) is 0.143. The molecule has 34 heavy (non-hydrogen) atoms.